The molecule has 4 nitrogen and oxygen atoms in total. The lowest BCUT2D eigenvalue weighted by Crippen LogP contribution is -2.49. The van der Waals surface area contributed by atoms with Gasteiger partial charge in [-0.25, -0.2) is 0 Å². The molecule has 0 amide bonds. The smallest absolute Gasteiger partial charge is 0.306 e. The Labute approximate surface area is 90.0 Å². The molecule has 1 aliphatic carbocycles. The van der Waals surface area contributed by atoms with Crippen LogP contribution in [0.2, 0.25) is 0 Å². The van der Waals surface area contributed by atoms with E-state index >= 15 is 0 Å². The highest BCUT2D eigenvalue weighted by atomic mass is 16.4. The zero-order chi connectivity index (χ0) is 10.7. The maximum atomic E-state index is 10.9. The highest BCUT2D eigenvalue weighted by Gasteiger charge is 2.27. The van der Waals surface area contributed by atoms with E-state index in [4.69, 9.17) is 5.11 Å². The first-order valence-electron chi connectivity index (χ1n) is 5.61. The van der Waals surface area contributed by atoms with Crippen molar-refractivity contribution in [2.24, 2.45) is 5.92 Å². The van der Waals surface area contributed by atoms with Crippen molar-refractivity contribution in [3.63, 3.8) is 0 Å². The van der Waals surface area contributed by atoms with Gasteiger partial charge >= 0.3 is 5.97 Å². The van der Waals surface area contributed by atoms with E-state index in [9.17, 15) is 4.79 Å². The first kappa shape index (κ1) is 10.6. The predicted octanol–water partition coefficient (Wildman–Crippen LogP) is 0.311. The maximum Gasteiger partial charge on any atom is 0.306 e. The lowest BCUT2D eigenvalue weighted by atomic mass is 9.90. The van der Waals surface area contributed by atoms with Crippen molar-refractivity contribution in [1.82, 2.24) is 10.2 Å². The van der Waals surface area contributed by atoms with Gasteiger partial charge in [-0.05, 0) is 12.8 Å². The number of carbonyl (C=O) groups is 1. The molecule has 0 saturated carbocycles. The summed E-state index contributed by atoms with van der Waals surface area (Å²) in [6, 6.07) is 0.335. The van der Waals surface area contributed by atoms with Gasteiger partial charge in [-0.3, -0.25) is 9.69 Å². The summed E-state index contributed by atoms with van der Waals surface area (Å²) < 4.78 is 0. The van der Waals surface area contributed by atoms with E-state index < -0.39 is 5.97 Å². The van der Waals surface area contributed by atoms with Gasteiger partial charge < -0.3 is 10.4 Å². The Bertz CT molecular complexity index is 259. The molecule has 1 fully saturated rings. The van der Waals surface area contributed by atoms with Crippen LogP contribution in [0.25, 0.3) is 0 Å². The summed E-state index contributed by atoms with van der Waals surface area (Å²) in [5.74, 6) is -0.839. The van der Waals surface area contributed by atoms with Crippen LogP contribution >= 0.6 is 0 Å². The van der Waals surface area contributed by atoms with E-state index in [2.05, 4.69) is 16.3 Å². The molecule has 0 bridgehead atoms. The van der Waals surface area contributed by atoms with E-state index in [0.717, 1.165) is 32.6 Å². The number of hydrogen-bond donors (Lipinski definition) is 2. The quantitative estimate of drug-likeness (QED) is 0.644. The fourth-order valence-corrected chi connectivity index (χ4v) is 2.35. The number of hydrogen-bond acceptors (Lipinski definition) is 3. The van der Waals surface area contributed by atoms with Gasteiger partial charge in [0.25, 0.3) is 0 Å². The second-order valence-electron chi connectivity index (χ2n) is 4.29. The summed E-state index contributed by atoms with van der Waals surface area (Å²) in [6.07, 6.45) is 5.66. The van der Waals surface area contributed by atoms with Gasteiger partial charge in [0.1, 0.15) is 0 Å². The van der Waals surface area contributed by atoms with Crippen LogP contribution in [0.1, 0.15) is 12.8 Å². The standard InChI is InChI=1S/C11H18N2O2/c14-11(15)9-2-1-3-10(8-9)13-6-4-12-5-7-13/h1,3,9-10,12H,2,4-8H2,(H,14,15)/t9-,10+/m1/s1. The van der Waals surface area contributed by atoms with Crippen molar-refractivity contribution in [2.45, 2.75) is 18.9 Å². The van der Waals surface area contributed by atoms with Gasteiger partial charge in [-0.2, -0.15) is 0 Å². The molecule has 0 aromatic heterocycles. The summed E-state index contributed by atoms with van der Waals surface area (Å²) in [5.41, 5.74) is 0. The fourth-order valence-electron chi connectivity index (χ4n) is 2.35. The summed E-state index contributed by atoms with van der Waals surface area (Å²) >= 11 is 0. The van der Waals surface area contributed by atoms with E-state index in [1.165, 1.54) is 0 Å². The third-order valence-electron chi connectivity index (χ3n) is 3.27. The van der Waals surface area contributed by atoms with Gasteiger partial charge in [0, 0.05) is 32.2 Å². The molecule has 2 aliphatic rings. The van der Waals surface area contributed by atoms with Crippen LogP contribution in [0.15, 0.2) is 12.2 Å². The molecule has 2 rings (SSSR count). The Kier molecular flexibility index (Phi) is 3.38. The van der Waals surface area contributed by atoms with Crippen LogP contribution in [0, 0.1) is 5.92 Å². The number of nitrogens with one attached hydrogen (secondary N) is 1. The normalized spacial score (nSPS) is 32.8. The molecular weight excluding hydrogens is 192 g/mol. The first-order valence-corrected chi connectivity index (χ1v) is 5.61. The number of carboxylic acids is 1. The second kappa shape index (κ2) is 4.77. The molecule has 1 aliphatic heterocycles. The molecule has 0 aromatic carbocycles. The molecule has 2 N–H and O–H groups in total. The first-order chi connectivity index (χ1) is 7.27. The molecule has 2 atom stereocenters. The van der Waals surface area contributed by atoms with E-state index in [1.807, 2.05) is 6.08 Å². The molecule has 0 unspecified atom stereocenters. The van der Waals surface area contributed by atoms with Gasteiger partial charge in [0.2, 0.25) is 0 Å². The average molecular weight is 210 g/mol. The molecule has 15 heavy (non-hydrogen) atoms. The average Bonchev–Trinajstić information content (AvgIpc) is 2.30. The molecular formula is C11H18N2O2. The molecule has 0 radical (unpaired) electrons. The Morgan fingerprint density at radius 2 is 2.13 bits per heavy atom. The predicted molar refractivity (Wildman–Crippen MR) is 57.7 cm³/mol. The van der Waals surface area contributed by atoms with Crippen LogP contribution < -0.4 is 5.32 Å². The van der Waals surface area contributed by atoms with Crippen LogP contribution in [-0.4, -0.2) is 48.2 Å². The van der Waals surface area contributed by atoms with Crippen molar-refractivity contribution in [2.75, 3.05) is 26.2 Å². The minimum absolute atomic E-state index is 0.185. The monoisotopic (exact) mass is 210 g/mol. The summed E-state index contributed by atoms with van der Waals surface area (Å²) in [7, 11) is 0. The van der Waals surface area contributed by atoms with Crippen LogP contribution in [0.5, 0.6) is 0 Å². The van der Waals surface area contributed by atoms with E-state index in [1.54, 1.807) is 0 Å². The minimum Gasteiger partial charge on any atom is -0.481 e. The molecule has 4 heteroatoms. The molecule has 0 aromatic rings. The Balaban J connectivity index is 1.94. The third-order valence-corrected chi connectivity index (χ3v) is 3.27. The van der Waals surface area contributed by atoms with Crippen molar-refractivity contribution in [3.8, 4) is 0 Å². The minimum atomic E-state index is -0.653. The zero-order valence-electron chi connectivity index (χ0n) is 8.85. The highest BCUT2D eigenvalue weighted by Crippen LogP contribution is 2.22. The van der Waals surface area contributed by atoms with Gasteiger partial charge in [-0.1, -0.05) is 12.2 Å². The van der Waals surface area contributed by atoms with Crippen molar-refractivity contribution in [1.29, 1.82) is 0 Å². The van der Waals surface area contributed by atoms with Gasteiger partial charge in [0.15, 0.2) is 0 Å². The topological polar surface area (TPSA) is 52.6 Å². The number of rotatable bonds is 2. The Hall–Kier alpha value is -0.870. The van der Waals surface area contributed by atoms with Crippen molar-refractivity contribution < 1.29 is 9.90 Å². The lowest BCUT2D eigenvalue weighted by molar-refractivity contribution is -0.142. The number of allylic oxidation sites excluding steroid dienone is 1. The summed E-state index contributed by atoms with van der Waals surface area (Å²) in [5, 5.41) is 12.3. The number of aliphatic carboxylic acids is 1. The van der Waals surface area contributed by atoms with E-state index in [0.29, 0.717) is 12.5 Å². The van der Waals surface area contributed by atoms with E-state index in [-0.39, 0.29) is 5.92 Å². The lowest BCUT2D eigenvalue weighted by Gasteiger charge is -2.36. The van der Waals surface area contributed by atoms with Crippen molar-refractivity contribution in [3.05, 3.63) is 12.2 Å². The molecule has 1 saturated heterocycles. The fraction of sp³-hybridized carbons (Fsp3) is 0.727. The van der Waals surface area contributed by atoms with Gasteiger partial charge in [0.05, 0.1) is 5.92 Å². The Morgan fingerprint density at radius 3 is 2.80 bits per heavy atom. The molecule has 84 valence electrons. The summed E-state index contributed by atoms with van der Waals surface area (Å²) in [4.78, 5) is 13.3. The molecule has 1 heterocycles. The Morgan fingerprint density at radius 1 is 1.40 bits per heavy atom. The third kappa shape index (κ3) is 2.58. The highest BCUT2D eigenvalue weighted by molar-refractivity contribution is 5.70. The molecule has 0 spiro atoms. The van der Waals surface area contributed by atoms with Crippen LogP contribution in [-0.2, 0) is 4.79 Å². The number of carboxylic acid groups (broad SMARTS) is 1. The van der Waals surface area contributed by atoms with Crippen LogP contribution in [0.3, 0.4) is 0 Å². The van der Waals surface area contributed by atoms with Crippen molar-refractivity contribution >= 4 is 5.97 Å². The zero-order valence-corrected chi connectivity index (χ0v) is 8.85. The maximum absolute atomic E-state index is 10.9. The largest absolute Gasteiger partial charge is 0.481 e. The summed E-state index contributed by atoms with van der Waals surface area (Å²) in [6.45, 7) is 4.09. The van der Waals surface area contributed by atoms with Gasteiger partial charge in [-0.15, -0.1) is 0 Å². The number of piperazine rings is 1. The number of nitrogens with zero attached hydrogens (tertiary/aromatic N) is 1. The SMILES string of the molecule is O=C(O)[C@@H]1CC=C[C@H](N2CCNCC2)C1. The van der Waals surface area contributed by atoms with Crippen LogP contribution in [0.4, 0.5) is 0 Å². The second-order valence-corrected chi connectivity index (χ2v) is 4.29.